The third-order valence-corrected chi connectivity index (χ3v) is 3.44. The molecule has 1 saturated heterocycles. The molecule has 124 valence electrons. The van der Waals surface area contributed by atoms with E-state index in [0.29, 0.717) is 0 Å². The number of alkyl halides is 1. The minimum atomic E-state index is -1.11. The van der Waals surface area contributed by atoms with Crippen LogP contribution in [0.3, 0.4) is 0 Å². The molecular formula is C13H14ClFN4O4. The van der Waals surface area contributed by atoms with E-state index in [1.165, 1.54) is 11.0 Å². The number of anilines is 1. The van der Waals surface area contributed by atoms with Crippen molar-refractivity contribution < 1.29 is 23.5 Å². The van der Waals surface area contributed by atoms with Gasteiger partial charge in [0, 0.05) is 13.1 Å². The number of nitrogens with one attached hydrogen (secondary N) is 1. The van der Waals surface area contributed by atoms with Crippen LogP contribution >= 0.6 is 11.6 Å². The zero-order chi connectivity index (χ0) is 17.0. The first-order valence-corrected chi connectivity index (χ1v) is 7.11. The Bertz CT molecular complexity index is 634. The Morgan fingerprint density at radius 3 is 2.65 bits per heavy atom. The molecule has 1 aliphatic heterocycles. The van der Waals surface area contributed by atoms with Gasteiger partial charge < -0.3 is 15.4 Å². The lowest BCUT2D eigenvalue weighted by Crippen LogP contribution is -2.40. The molecule has 0 atom stereocenters. The first kappa shape index (κ1) is 16.9. The maximum Gasteiger partial charge on any atom is 0.420 e. The standard InChI is InChI=1S/C13H14ClFN4O4/c14-10-5-8(11(16)20)9(6-17-10)18-12(21)23-13(22)19-3-1-7(15)2-4-19/h5-7H,1-4H2,(H2,16,20)(H,18,21). The topological polar surface area (TPSA) is 115 Å². The highest BCUT2D eigenvalue weighted by Gasteiger charge is 2.25. The van der Waals surface area contributed by atoms with Gasteiger partial charge in [-0.25, -0.2) is 19.0 Å². The summed E-state index contributed by atoms with van der Waals surface area (Å²) in [5.41, 5.74) is 5.05. The predicted molar refractivity (Wildman–Crippen MR) is 79.0 cm³/mol. The molecule has 0 unspecified atom stereocenters. The summed E-state index contributed by atoms with van der Waals surface area (Å²) in [5, 5.41) is 2.21. The van der Waals surface area contributed by atoms with Gasteiger partial charge >= 0.3 is 12.2 Å². The van der Waals surface area contributed by atoms with E-state index >= 15 is 0 Å². The van der Waals surface area contributed by atoms with Gasteiger partial charge in [0.1, 0.15) is 11.3 Å². The first-order valence-electron chi connectivity index (χ1n) is 6.74. The number of piperidine rings is 1. The highest BCUT2D eigenvalue weighted by Crippen LogP contribution is 2.18. The number of aromatic nitrogens is 1. The Balaban J connectivity index is 1.97. The lowest BCUT2D eigenvalue weighted by atomic mass is 10.1. The molecule has 0 saturated carbocycles. The monoisotopic (exact) mass is 344 g/mol. The van der Waals surface area contributed by atoms with Gasteiger partial charge in [-0.3, -0.25) is 10.1 Å². The summed E-state index contributed by atoms with van der Waals surface area (Å²) in [4.78, 5) is 39.7. The molecule has 1 fully saturated rings. The zero-order valence-electron chi connectivity index (χ0n) is 11.9. The third-order valence-electron chi connectivity index (χ3n) is 3.24. The normalized spacial score (nSPS) is 15.1. The molecule has 10 heteroatoms. The van der Waals surface area contributed by atoms with Gasteiger partial charge in [-0.15, -0.1) is 0 Å². The number of halogens is 2. The van der Waals surface area contributed by atoms with E-state index in [1.54, 1.807) is 0 Å². The van der Waals surface area contributed by atoms with E-state index in [2.05, 4.69) is 15.0 Å². The Morgan fingerprint density at radius 2 is 2.04 bits per heavy atom. The van der Waals surface area contributed by atoms with Gasteiger partial charge in [-0.05, 0) is 18.9 Å². The largest absolute Gasteiger partial charge is 0.420 e. The van der Waals surface area contributed by atoms with Crippen molar-refractivity contribution in [1.82, 2.24) is 9.88 Å². The van der Waals surface area contributed by atoms with Crippen molar-refractivity contribution in [2.75, 3.05) is 18.4 Å². The number of primary amides is 1. The van der Waals surface area contributed by atoms with Crippen LogP contribution in [0.4, 0.5) is 19.7 Å². The number of carbonyl (C=O) groups excluding carboxylic acids is 3. The number of nitrogens with two attached hydrogens (primary N) is 1. The molecule has 0 aliphatic carbocycles. The maximum absolute atomic E-state index is 13.0. The predicted octanol–water partition coefficient (Wildman–Crippen LogP) is 1.94. The minimum Gasteiger partial charge on any atom is -0.366 e. The van der Waals surface area contributed by atoms with Gasteiger partial charge in [-0.1, -0.05) is 11.6 Å². The van der Waals surface area contributed by atoms with Crippen molar-refractivity contribution in [1.29, 1.82) is 0 Å². The second kappa shape index (κ2) is 7.23. The summed E-state index contributed by atoms with van der Waals surface area (Å²) in [7, 11) is 0. The summed E-state index contributed by atoms with van der Waals surface area (Å²) in [6.45, 7) is 0.338. The van der Waals surface area contributed by atoms with Gasteiger partial charge in [0.05, 0.1) is 17.4 Å². The number of carbonyl (C=O) groups is 3. The molecule has 2 rings (SSSR count). The molecule has 8 nitrogen and oxygen atoms in total. The highest BCUT2D eigenvalue weighted by atomic mass is 35.5. The number of hydrogen-bond donors (Lipinski definition) is 2. The summed E-state index contributed by atoms with van der Waals surface area (Å²) in [5.74, 6) is -0.832. The van der Waals surface area contributed by atoms with Crippen LogP contribution in [0.1, 0.15) is 23.2 Å². The summed E-state index contributed by atoms with van der Waals surface area (Å²) in [6, 6.07) is 1.17. The van der Waals surface area contributed by atoms with E-state index < -0.39 is 24.3 Å². The van der Waals surface area contributed by atoms with Crippen molar-refractivity contribution in [3.8, 4) is 0 Å². The smallest absolute Gasteiger partial charge is 0.366 e. The summed E-state index contributed by atoms with van der Waals surface area (Å²) >= 11 is 5.64. The molecule has 0 aromatic carbocycles. The van der Waals surface area contributed by atoms with Crippen LogP contribution in [0.15, 0.2) is 12.3 Å². The maximum atomic E-state index is 13.0. The van der Waals surface area contributed by atoms with Crippen molar-refractivity contribution in [2.24, 2.45) is 5.73 Å². The average Bonchev–Trinajstić information content (AvgIpc) is 2.49. The number of nitrogens with zero attached hydrogens (tertiary/aromatic N) is 2. The van der Waals surface area contributed by atoms with Crippen LogP contribution in [0.25, 0.3) is 0 Å². The van der Waals surface area contributed by atoms with Crippen LogP contribution in [0.5, 0.6) is 0 Å². The van der Waals surface area contributed by atoms with Gasteiger partial charge in [0.2, 0.25) is 0 Å². The quantitative estimate of drug-likeness (QED) is 0.628. The van der Waals surface area contributed by atoms with Gasteiger partial charge in [-0.2, -0.15) is 0 Å². The Hall–Kier alpha value is -2.42. The number of rotatable bonds is 2. The van der Waals surface area contributed by atoms with Crippen LogP contribution in [-0.4, -0.2) is 47.2 Å². The lowest BCUT2D eigenvalue weighted by Gasteiger charge is -2.27. The molecule has 0 bridgehead atoms. The molecule has 23 heavy (non-hydrogen) atoms. The highest BCUT2D eigenvalue weighted by molar-refractivity contribution is 6.30. The Morgan fingerprint density at radius 1 is 1.39 bits per heavy atom. The van der Waals surface area contributed by atoms with Crippen molar-refractivity contribution in [3.63, 3.8) is 0 Å². The minimum absolute atomic E-state index is 0.0166. The fourth-order valence-corrected chi connectivity index (χ4v) is 2.20. The Labute approximate surface area is 135 Å². The third kappa shape index (κ3) is 4.52. The van der Waals surface area contributed by atoms with Crippen LogP contribution in [-0.2, 0) is 4.74 Å². The fraction of sp³-hybridized carbons (Fsp3) is 0.385. The van der Waals surface area contributed by atoms with E-state index in [4.69, 9.17) is 17.3 Å². The second-order valence-electron chi connectivity index (χ2n) is 4.86. The molecule has 2 heterocycles. The summed E-state index contributed by atoms with van der Waals surface area (Å²) in [6.07, 6.45) is -1.44. The Kier molecular flexibility index (Phi) is 5.32. The number of amides is 3. The molecule has 3 amide bonds. The van der Waals surface area contributed by atoms with Crippen molar-refractivity contribution >= 4 is 35.4 Å². The second-order valence-corrected chi connectivity index (χ2v) is 5.25. The van der Waals surface area contributed by atoms with Crippen LogP contribution in [0.2, 0.25) is 5.15 Å². The molecule has 0 radical (unpaired) electrons. The van der Waals surface area contributed by atoms with E-state index in [9.17, 15) is 18.8 Å². The van der Waals surface area contributed by atoms with E-state index in [-0.39, 0.29) is 42.3 Å². The van der Waals surface area contributed by atoms with E-state index in [0.717, 1.165) is 6.20 Å². The van der Waals surface area contributed by atoms with Crippen molar-refractivity contribution in [3.05, 3.63) is 23.0 Å². The number of pyridine rings is 1. The van der Waals surface area contributed by atoms with Crippen molar-refractivity contribution in [2.45, 2.75) is 19.0 Å². The number of ether oxygens (including phenoxy) is 1. The first-order chi connectivity index (χ1) is 10.9. The van der Waals surface area contributed by atoms with Crippen LogP contribution < -0.4 is 11.1 Å². The molecule has 3 N–H and O–H groups in total. The fourth-order valence-electron chi connectivity index (χ4n) is 2.04. The SMILES string of the molecule is NC(=O)c1cc(Cl)ncc1NC(=O)OC(=O)N1CCC(F)CC1. The molecule has 1 aromatic heterocycles. The number of hydrogen-bond acceptors (Lipinski definition) is 5. The van der Waals surface area contributed by atoms with Gasteiger partial charge in [0.25, 0.3) is 5.91 Å². The molecule has 1 aliphatic rings. The average molecular weight is 345 g/mol. The summed E-state index contributed by atoms with van der Waals surface area (Å²) < 4.78 is 17.6. The molecule has 0 spiro atoms. The number of likely N-dealkylation sites (tertiary alicyclic amines) is 1. The van der Waals surface area contributed by atoms with Gasteiger partial charge in [0.15, 0.2) is 0 Å². The van der Waals surface area contributed by atoms with E-state index in [1.807, 2.05) is 0 Å². The van der Waals surface area contributed by atoms with Crippen LogP contribution in [0, 0.1) is 0 Å². The molecule has 1 aromatic rings. The zero-order valence-corrected chi connectivity index (χ0v) is 12.7. The molecular weight excluding hydrogens is 331 g/mol. The lowest BCUT2D eigenvalue weighted by molar-refractivity contribution is 0.0999.